The van der Waals surface area contributed by atoms with E-state index in [1.54, 1.807) is 12.3 Å². The normalized spacial score (nSPS) is 15.0. The van der Waals surface area contributed by atoms with Gasteiger partial charge in [-0.2, -0.15) is 5.10 Å². The summed E-state index contributed by atoms with van der Waals surface area (Å²) in [6.07, 6.45) is 5.50. The van der Waals surface area contributed by atoms with Crippen LogP contribution in [-0.4, -0.2) is 35.1 Å². The highest BCUT2D eigenvalue weighted by atomic mass is 35.5. The summed E-state index contributed by atoms with van der Waals surface area (Å²) in [6.45, 7) is 4.86. The number of hydrogen-bond acceptors (Lipinski definition) is 5. The molecule has 0 radical (unpaired) electrons. The van der Waals surface area contributed by atoms with Crippen LogP contribution < -0.4 is 10.7 Å². The summed E-state index contributed by atoms with van der Waals surface area (Å²) in [4.78, 5) is 19.0. The average Bonchev–Trinajstić information content (AvgIpc) is 2.83. The lowest BCUT2D eigenvalue weighted by Gasteiger charge is -2.30. The van der Waals surface area contributed by atoms with Gasteiger partial charge in [-0.1, -0.05) is 48.0 Å². The molecular weight excluding hydrogens is 434 g/mol. The van der Waals surface area contributed by atoms with E-state index in [2.05, 4.69) is 31.8 Å². The maximum absolute atomic E-state index is 12.4. The van der Waals surface area contributed by atoms with Crippen LogP contribution in [-0.2, 0) is 6.54 Å². The van der Waals surface area contributed by atoms with E-state index in [4.69, 9.17) is 11.6 Å². The molecule has 2 N–H and O–H groups in total. The fourth-order valence-corrected chi connectivity index (χ4v) is 4.05. The predicted molar refractivity (Wildman–Crippen MR) is 134 cm³/mol. The third kappa shape index (κ3) is 6.40. The molecule has 170 valence electrons. The van der Waals surface area contributed by atoms with Gasteiger partial charge in [-0.25, -0.2) is 10.4 Å². The number of amides is 1. The number of piperidine rings is 1. The molecule has 6 nitrogen and oxygen atoms in total. The standard InChI is InChI=1S/C26H28ClN5O/c1-19-6-2-5-9-24(19)30-22-10-11-25(28-17-22)26(33)31-29-16-20-12-14-32(15-13-20)18-21-7-3-4-8-23(21)27/h2-11,16-17,20,30H,12-15,18H2,1H3,(H,31,33). The van der Waals surface area contributed by atoms with E-state index in [1.165, 1.54) is 0 Å². The number of hydrazone groups is 1. The molecule has 1 aromatic heterocycles. The Kier molecular flexibility index (Phi) is 7.70. The van der Waals surface area contributed by atoms with Gasteiger partial charge in [-0.15, -0.1) is 0 Å². The van der Waals surface area contributed by atoms with Crippen molar-refractivity contribution in [3.8, 4) is 0 Å². The number of para-hydroxylation sites is 1. The Hall–Kier alpha value is -3.22. The van der Waals surface area contributed by atoms with Crippen molar-refractivity contribution in [2.75, 3.05) is 18.4 Å². The molecular formula is C26H28ClN5O. The Morgan fingerprint density at radius 3 is 2.61 bits per heavy atom. The second-order valence-electron chi connectivity index (χ2n) is 8.30. The second kappa shape index (κ2) is 11.1. The van der Waals surface area contributed by atoms with Gasteiger partial charge >= 0.3 is 0 Å². The summed E-state index contributed by atoms with van der Waals surface area (Å²) < 4.78 is 0. The quantitative estimate of drug-likeness (QED) is 0.364. The van der Waals surface area contributed by atoms with Gasteiger partial charge in [-0.05, 0) is 74.2 Å². The van der Waals surface area contributed by atoms with Gasteiger partial charge in [0.2, 0.25) is 0 Å². The highest BCUT2D eigenvalue weighted by molar-refractivity contribution is 6.31. The van der Waals surface area contributed by atoms with Crippen molar-refractivity contribution in [2.24, 2.45) is 11.0 Å². The van der Waals surface area contributed by atoms with Crippen molar-refractivity contribution in [2.45, 2.75) is 26.3 Å². The maximum atomic E-state index is 12.4. The molecule has 1 saturated heterocycles. The van der Waals surface area contributed by atoms with Gasteiger partial charge in [0.1, 0.15) is 5.69 Å². The summed E-state index contributed by atoms with van der Waals surface area (Å²) in [5.41, 5.74) is 7.07. The highest BCUT2D eigenvalue weighted by Gasteiger charge is 2.18. The zero-order chi connectivity index (χ0) is 23.0. The lowest BCUT2D eigenvalue weighted by Crippen LogP contribution is -2.34. The number of likely N-dealkylation sites (tertiary alicyclic amines) is 1. The summed E-state index contributed by atoms with van der Waals surface area (Å²) in [6, 6.07) is 19.5. The van der Waals surface area contributed by atoms with Crippen molar-refractivity contribution < 1.29 is 4.79 Å². The van der Waals surface area contributed by atoms with Crippen LogP contribution in [0.5, 0.6) is 0 Å². The van der Waals surface area contributed by atoms with Gasteiger partial charge in [0, 0.05) is 23.5 Å². The fraction of sp³-hybridized carbons (Fsp3) is 0.269. The highest BCUT2D eigenvalue weighted by Crippen LogP contribution is 2.22. The number of rotatable bonds is 7. The average molecular weight is 462 g/mol. The molecule has 7 heteroatoms. The van der Waals surface area contributed by atoms with E-state index in [9.17, 15) is 4.79 Å². The summed E-state index contributed by atoms with van der Waals surface area (Å²) in [5.74, 6) is 0.0336. The van der Waals surface area contributed by atoms with Gasteiger partial charge < -0.3 is 5.32 Å². The van der Waals surface area contributed by atoms with Crippen LogP contribution in [0.15, 0.2) is 72.0 Å². The number of anilines is 2. The van der Waals surface area contributed by atoms with Crippen LogP contribution in [0.3, 0.4) is 0 Å². The van der Waals surface area contributed by atoms with Crippen LogP contribution in [0.1, 0.15) is 34.5 Å². The smallest absolute Gasteiger partial charge is 0.289 e. The predicted octanol–water partition coefficient (Wildman–Crippen LogP) is 5.41. The number of nitrogens with one attached hydrogen (secondary N) is 2. The molecule has 1 aliphatic rings. The molecule has 0 atom stereocenters. The van der Waals surface area contributed by atoms with E-state index in [1.807, 2.05) is 61.7 Å². The Morgan fingerprint density at radius 2 is 1.88 bits per heavy atom. The molecule has 1 fully saturated rings. The lowest BCUT2D eigenvalue weighted by molar-refractivity contribution is 0.0950. The number of benzene rings is 2. The van der Waals surface area contributed by atoms with E-state index in [0.29, 0.717) is 11.6 Å². The first-order valence-corrected chi connectivity index (χ1v) is 11.5. The molecule has 33 heavy (non-hydrogen) atoms. The number of nitrogens with zero attached hydrogens (tertiary/aromatic N) is 3. The lowest BCUT2D eigenvalue weighted by atomic mass is 9.98. The molecule has 2 aromatic carbocycles. The van der Waals surface area contributed by atoms with Crippen LogP contribution in [0, 0.1) is 12.8 Å². The molecule has 1 aliphatic heterocycles. The molecule has 0 unspecified atom stereocenters. The zero-order valence-electron chi connectivity index (χ0n) is 18.7. The zero-order valence-corrected chi connectivity index (χ0v) is 19.4. The van der Waals surface area contributed by atoms with Crippen LogP contribution >= 0.6 is 11.6 Å². The largest absolute Gasteiger partial charge is 0.354 e. The van der Waals surface area contributed by atoms with E-state index in [-0.39, 0.29) is 5.91 Å². The first-order valence-electron chi connectivity index (χ1n) is 11.2. The van der Waals surface area contributed by atoms with Gasteiger partial charge in [0.05, 0.1) is 11.9 Å². The number of aryl methyl sites for hydroxylation is 1. The fourth-order valence-electron chi connectivity index (χ4n) is 3.86. The van der Waals surface area contributed by atoms with Crippen molar-refractivity contribution in [3.05, 3.63) is 88.7 Å². The molecule has 3 aromatic rings. The third-order valence-electron chi connectivity index (χ3n) is 5.86. The minimum atomic E-state index is -0.315. The Morgan fingerprint density at radius 1 is 1.12 bits per heavy atom. The minimum Gasteiger partial charge on any atom is -0.354 e. The van der Waals surface area contributed by atoms with Crippen molar-refractivity contribution in [3.63, 3.8) is 0 Å². The third-order valence-corrected chi connectivity index (χ3v) is 6.22. The Bertz CT molecular complexity index is 1110. The van der Waals surface area contributed by atoms with E-state index in [0.717, 1.165) is 60.0 Å². The van der Waals surface area contributed by atoms with Gasteiger partial charge in [0.25, 0.3) is 5.91 Å². The van der Waals surface area contributed by atoms with Crippen LogP contribution in [0.25, 0.3) is 0 Å². The van der Waals surface area contributed by atoms with Crippen molar-refractivity contribution in [1.29, 1.82) is 0 Å². The Balaban J connectivity index is 1.22. The SMILES string of the molecule is Cc1ccccc1Nc1ccc(C(=O)NN=CC2CCN(Cc3ccccc3Cl)CC2)nc1. The summed E-state index contributed by atoms with van der Waals surface area (Å²) >= 11 is 6.28. The second-order valence-corrected chi connectivity index (χ2v) is 8.70. The monoisotopic (exact) mass is 461 g/mol. The molecule has 2 heterocycles. The number of pyridine rings is 1. The minimum absolute atomic E-state index is 0.315. The molecule has 0 saturated carbocycles. The summed E-state index contributed by atoms with van der Waals surface area (Å²) in [7, 11) is 0. The molecule has 0 bridgehead atoms. The molecule has 1 amide bonds. The van der Waals surface area contributed by atoms with Gasteiger partial charge in [-0.3, -0.25) is 9.69 Å². The number of hydrogen-bond donors (Lipinski definition) is 2. The maximum Gasteiger partial charge on any atom is 0.289 e. The van der Waals surface area contributed by atoms with Gasteiger partial charge in [0.15, 0.2) is 0 Å². The number of carbonyl (C=O) groups excluding carboxylic acids is 1. The number of halogens is 1. The first kappa shape index (κ1) is 23.0. The van der Waals surface area contributed by atoms with Crippen molar-refractivity contribution >= 4 is 35.1 Å². The molecule has 4 rings (SSSR count). The van der Waals surface area contributed by atoms with E-state index < -0.39 is 0 Å². The topological polar surface area (TPSA) is 69.6 Å². The van der Waals surface area contributed by atoms with Crippen molar-refractivity contribution in [1.82, 2.24) is 15.3 Å². The first-order chi connectivity index (χ1) is 16.1. The molecule has 0 aliphatic carbocycles. The van der Waals surface area contributed by atoms with Crippen LogP contribution in [0.4, 0.5) is 11.4 Å². The molecule has 0 spiro atoms. The van der Waals surface area contributed by atoms with E-state index >= 15 is 0 Å². The summed E-state index contributed by atoms with van der Waals surface area (Å²) in [5, 5.41) is 8.30. The number of carbonyl (C=O) groups is 1. The number of aromatic nitrogens is 1. The van der Waals surface area contributed by atoms with Crippen LogP contribution in [0.2, 0.25) is 5.02 Å². The Labute approximate surface area is 199 Å².